The van der Waals surface area contributed by atoms with Crippen molar-refractivity contribution in [2.75, 3.05) is 0 Å². The van der Waals surface area contributed by atoms with Crippen LogP contribution in [0.25, 0.3) is 0 Å². The van der Waals surface area contributed by atoms with E-state index in [0.29, 0.717) is 6.61 Å². The van der Waals surface area contributed by atoms with Gasteiger partial charge in [-0.2, -0.15) is 0 Å². The van der Waals surface area contributed by atoms with Crippen molar-refractivity contribution in [2.45, 2.75) is 20.5 Å². The van der Waals surface area contributed by atoms with E-state index >= 15 is 0 Å². The maximum atomic E-state index is 11.1. The zero-order valence-corrected chi connectivity index (χ0v) is 10.6. The van der Waals surface area contributed by atoms with Crippen molar-refractivity contribution in [3.8, 4) is 5.75 Å². The predicted molar refractivity (Wildman–Crippen MR) is 72.0 cm³/mol. The first kappa shape index (κ1) is 12.4. The van der Waals surface area contributed by atoms with Gasteiger partial charge in [0.25, 0.3) is 0 Å². The molecule has 0 aliphatic heterocycles. The number of hydrogen-bond donors (Lipinski definition) is 0. The number of ketones is 1. The number of rotatable bonds is 4. The van der Waals surface area contributed by atoms with Gasteiger partial charge in [-0.15, -0.1) is 0 Å². The van der Waals surface area contributed by atoms with E-state index in [1.807, 2.05) is 55.5 Å². The zero-order chi connectivity index (χ0) is 13.0. The summed E-state index contributed by atoms with van der Waals surface area (Å²) in [7, 11) is 0. The third kappa shape index (κ3) is 2.98. The maximum absolute atomic E-state index is 11.1. The average molecular weight is 240 g/mol. The lowest BCUT2D eigenvalue weighted by Gasteiger charge is -2.09. The number of ether oxygens (including phenoxy) is 1. The maximum Gasteiger partial charge on any atom is 0.159 e. The molecule has 0 atom stereocenters. The summed E-state index contributed by atoms with van der Waals surface area (Å²) in [4.78, 5) is 11.1. The highest BCUT2D eigenvalue weighted by molar-refractivity contribution is 5.93. The van der Waals surface area contributed by atoms with Gasteiger partial charge in [0.15, 0.2) is 5.78 Å². The van der Waals surface area contributed by atoms with Gasteiger partial charge in [-0.25, -0.2) is 0 Å². The minimum atomic E-state index is 0.0846. The standard InChI is InChI=1S/C16H16O2/c1-12-5-3-4-6-16(12)18-11-14-7-9-15(10-8-14)13(2)17/h3-10H,11H2,1-2H3. The molecule has 0 aromatic heterocycles. The molecular weight excluding hydrogens is 224 g/mol. The molecule has 0 radical (unpaired) electrons. The molecule has 0 unspecified atom stereocenters. The molecule has 0 spiro atoms. The summed E-state index contributed by atoms with van der Waals surface area (Å²) in [6.45, 7) is 4.11. The van der Waals surface area contributed by atoms with Crippen LogP contribution in [0.5, 0.6) is 5.75 Å². The first-order chi connectivity index (χ1) is 8.66. The summed E-state index contributed by atoms with van der Waals surface area (Å²) in [5.74, 6) is 0.981. The first-order valence-corrected chi connectivity index (χ1v) is 5.95. The van der Waals surface area contributed by atoms with Crippen LogP contribution in [-0.4, -0.2) is 5.78 Å². The summed E-state index contributed by atoms with van der Waals surface area (Å²) in [6.07, 6.45) is 0. The molecule has 0 aliphatic carbocycles. The van der Waals surface area contributed by atoms with Crippen LogP contribution in [0, 0.1) is 6.92 Å². The fourth-order valence-corrected chi connectivity index (χ4v) is 1.72. The molecule has 92 valence electrons. The minimum Gasteiger partial charge on any atom is -0.489 e. The van der Waals surface area contributed by atoms with E-state index in [9.17, 15) is 4.79 Å². The van der Waals surface area contributed by atoms with Gasteiger partial charge in [-0.1, -0.05) is 42.5 Å². The lowest BCUT2D eigenvalue weighted by atomic mass is 10.1. The Morgan fingerprint density at radius 2 is 1.72 bits per heavy atom. The van der Waals surface area contributed by atoms with E-state index < -0.39 is 0 Å². The predicted octanol–water partition coefficient (Wildman–Crippen LogP) is 3.78. The first-order valence-electron chi connectivity index (χ1n) is 5.95. The van der Waals surface area contributed by atoms with Crippen LogP contribution in [-0.2, 0) is 6.61 Å². The Morgan fingerprint density at radius 3 is 2.33 bits per heavy atom. The molecular formula is C16H16O2. The molecule has 0 aliphatic rings. The molecule has 0 bridgehead atoms. The van der Waals surface area contributed by atoms with Gasteiger partial charge >= 0.3 is 0 Å². The van der Waals surface area contributed by atoms with Crippen molar-refractivity contribution in [1.29, 1.82) is 0 Å². The lowest BCUT2D eigenvalue weighted by molar-refractivity contribution is 0.101. The van der Waals surface area contributed by atoms with Crippen LogP contribution in [0.2, 0.25) is 0 Å². The van der Waals surface area contributed by atoms with Crippen LogP contribution in [0.15, 0.2) is 48.5 Å². The topological polar surface area (TPSA) is 26.3 Å². The van der Waals surface area contributed by atoms with Gasteiger partial charge in [0.2, 0.25) is 0 Å². The van der Waals surface area contributed by atoms with Gasteiger partial charge < -0.3 is 4.74 Å². The zero-order valence-electron chi connectivity index (χ0n) is 10.6. The average Bonchev–Trinajstić information content (AvgIpc) is 2.38. The highest BCUT2D eigenvalue weighted by Crippen LogP contribution is 2.18. The third-order valence-electron chi connectivity index (χ3n) is 2.85. The fourth-order valence-electron chi connectivity index (χ4n) is 1.72. The number of aryl methyl sites for hydroxylation is 1. The number of benzene rings is 2. The molecule has 18 heavy (non-hydrogen) atoms. The van der Waals surface area contributed by atoms with Crippen molar-refractivity contribution < 1.29 is 9.53 Å². The lowest BCUT2D eigenvalue weighted by Crippen LogP contribution is -1.98. The number of carbonyl (C=O) groups is 1. The summed E-state index contributed by atoms with van der Waals surface area (Å²) in [5, 5.41) is 0. The van der Waals surface area contributed by atoms with Crippen molar-refractivity contribution in [3.63, 3.8) is 0 Å². The second kappa shape index (κ2) is 5.50. The Kier molecular flexibility index (Phi) is 3.78. The fraction of sp³-hybridized carbons (Fsp3) is 0.188. The van der Waals surface area contributed by atoms with E-state index in [2.05, 4.69) is 0 Å². The van der Waals surface area contributed by atoms with Crippen LogP contribution >= 0.6 is 0 Å². The second-order valence-corrected chi connectivity index (χ2v) is 4.31. The van der Waals surface area contributed by atoms with Crippen LogP contribution in [0.1, 0.15) is 28.4 Å². The second-order valence-electron chi connectivity index (χ2n) is 4.31. The Morgan fingerprint density at radius 1 is 1.06 bits per heavy atom. The quantitative estimate of drug-likeness (QED) is 0.760. The smallest absolute Gasteiger partial charge is 0.159 e. The van der Waals surface area contributed by atoms with E-state index in [-0.39, 0.29) is 5.78 Å². The SMILES string of the molecule is CC(=O)c1ccc(COc2ccccc2C)cc1. The van der Waals surface area contributed by atoms with Gasteiger partial charge in [0.1, 0.15) is 12.4 Å². The van der Waals surface area contributed by atoms with Crippen LogP contribution in [0.4, 0.5) is 0 Å². The molecule has 0 saturated heterocycles. The summed E-state index contributed by atoms with van der Waals surface area (Å²) >= 11 is 0. The molecule has 0 heterocycles. The Bertz CT molecular complexity index is 541. The molecule has 2 aromatic carbocycles. The Balaban J connectivity index is 2.02. The molecule has 2 aromatic rings. The summed E-state index contributed by atoms with van der Waals surface area (Å²) in [5.41, 5.74) is 2.91. The van der Waals surface area contributed by atoms with Crippen molar-refractivity contribution in [2.24, 2.45) is 0 Å². The van der Waals surface area contributed by atoms with E-state index in [0.717, 1.165) is 22.4 Å². The van der Waals surface area contributed by atoms with Gasteiger partial charge in [-0.05, 0) is 31.0 Å². The van der Waals surface area contributed by atoms with Gasteiger partial charge in [-0.3, -0.25) is 4.79 Å². The number of hydrogen-bond acceptors (Lipinski definition) is 2. The number of para-hydroxylation sites is 1. The Labute approximate surface area is 107 Å². The molecule has 2 heteroatoms. The molecule has 0 amide bonds. The van der Waals surface area contributed by atoms with Crippen LogP contribution in [0.3, 0.4) is 0 Å². The van der Waals surface area contributed by atoms with Crippen molar-refractivity contribution in [1.82, 2.24) is 0 Å². The molecule has 2 nitrogen and oxygen atoms in total. The molecule has 0 N–H and O–H groups in total. The molecule has 2 rings (SSSR count). The summed E-state index contributed by atoms with van der Waals surface area (Å²) < 4.78 is 5.74. The largest absolute Gasteiger partial charge is 0.489 e. The molecule has 0 saturated carbocycles. The number of carbonyl (C=O) groups excluding carboxylic acids is 1. The Hall–Kier alpha value is -2.09. The van der Waals surface area contributed by atoms with Gasteiger partial charge in [0, 0.05) is 5.56 Å². The van der Waals surface area contributed by atoms with E-state index in [1.165, 1.54) is 0 Å². The van der Waals surface area contributed by atoms with E-state index in [4.69, 9.17) is 4.74 Å². The monoisotopic (exact) mass is 240 g/mol. The molecule has 0 fully saturated rings. The van der Waals surface area contributed by atoms with Crippen molar-refractivity contribution in [3.05, 3.63) is 65.2 Å². The van der Waals surface area contributed by atoms with Crippen LogP contribution < -0.4 is 4.74 Å². The summed E-state index contributed by atoms with van der Waals surface area (Å²) in [6, 6.07) is 15.4. The van der Waals surface area contributed by atoms with E-state index in [1.54, 1.807) is 6.92 Å². The van der Waals surface area contributed by atoms with Crippen molar-refractivity contribution >= 4 is 5.78 Å². The highest BCUT2D eigenvalue weighted by atomic mass is 16.5. The normalized spacial score (nSPS) is 10.1. The highest BCUT2D eigenvalue weighted by Gasteiger charge is 2.01. The number of Topliss-reactive ketones (excluding diaryl/α,β-unsaturated/α-hetero) is 1. The van der Waals surface area contributed by atoms with Gasteiger partial charge in [0.05, 0.1) is 0 Å². The third-order valence-corrected chi connectivity index (χ3v) is 2.85. The minimum absolute atomic E-state index is 0.0846.